The highest BCUT2D eigenvalue weighted by molar-refractivity contribution is 7.80. The Hall–Kier alpha value is -2.88. The van der Waals surface area contributed by atoms with Crippen LogP contribution in [0.15, 0.2) is 54.6 Å². The first-order valence-corrected chi connectivity index (χ1v) is 10.6. The topological polar surface area (TPSA) is 84.1 Å². The zero-order valence-corrected chi connectivity index (χ0v) is 18.2. The first-order chi connectivity index (χ1) is 15.2. The largest absolute Gasteiger partial charge is 0.489 e. The lowest BCUT2D eigenvalue weighted by molar-refractivity contribution is -0.123. The van der Waals surface area contributed by atoms with Crippen molar-refractivity contribution in [2.75, 3.05) is 46.0 Å². The average molecular weight is 445 g/mol. The van der Waals surface area contributed by atoms with Crippen LogP contribution in [0.25, 0.3) is 0 Å². The molecule has 1 fully saturated rings. The maximum absolute atomic E-state index is 11.9. The summed E-state index contributed by atoms with van der Waals surface area (Å²) in [7, 11) is 0. The first-order valence-electron chi connectivity index (χ1n) is 10.2. The minimum atomic E-state index is -0.332. The van der Waals surface area contributed by atoms with E-state index in [1.54, 1.807) is 12.1 Å². The maximum Gasteiger partial charge on any atom is 0.276 e. The number of benzene rings is 2. The molecule has 1 heterocycles. The van der Waals surface area contributed by atoms with E-state index in [9.17, 15) is 4.79 Å². The third kappa shape index (κ3) is 8.79. The number of morpholine rings is 1. The van der Waals surface area contributed by atoms with Gasteiger partial charge in [-0.25, -0.2) is 0 Å². The summed E-state index contributed by atoms with van der Waals surface area (Å²) in [5, 5.41) is 3.42. The molecule has 8 nitrogen and oxygen atoms in total. The molecule has 1 saturated heterocycles. The molecule has 3 rings (SSSR count). The normalized spacial score (nSPS) is 13.8. The summed E-state index contributed by atoms with van der Waals surface area (Å²) in [5.74, 6) is 0.978. The van der Waals surface area contributed by atoms with Crippen LogP contribution in [-0.4, -0.2) is 61.9 Å². The molecule has 2 aromatic carbocycles. The van der Waals surface area contributed by atoms with Gasteiger partial charge in [0.2, 0.25) is 0 Å². The number of thiocarbonyl (C=S) groups is 1. The molecule has 166 valence electrons. The van der Waals surface area contributed by atoms with Crippen molar-refractivity contribution in [2.45, 2.75) is 6.61 Å². The molecule has 2 aromatic rings. The van der Waals surface area contributed by atoms with E-state index in [0.29, 0.717) is 24.0 Å². The number of hydrogen-bond donors (Lipinski definition) is 3. The van der Waals surface area contributed by atoms with Crippen LogP contribution >= 0.6 is 12.2 Å². The molecular formula is C22H28N4O4S. The molecule has 0 spiro atoms. The number of carbonyl (C=O) groups is 1. The van der Waals surface area contributed by atoms with Gasteiger partial charge in [-0.2, -0.15) is 0 Å². The van der Waals surface area contributed by atoms with Crippen molar-refractivity contribution in [1.29, 1.82) is 0 Å². The zero-order chi connectivity index (χ0) is 21.7. The van der Waals surface area contributed by atoms with Gasteiger partial charge in [0.1, 0.15) is 18.1 Å². The Morgan fingerprint density at radius 3 is 2.35 bits per heavy atom. The second-order valence-electron chi connectivity index (χ2n) is 6.92. The summed E-state index contributed by atoms with van der Waals surface area (Å²) in [5.41, 5.74) is 6.29. The van der Waals surface area contributed by atoms with Crippen LogP contribution in [0, 0.1) is 0 Å². The van der Waals surface area contributed by atoms with E-state index in [1.807, 2.05) is 42.5 Å². The van der Waals surface area contributed by atoms with Gasteiger partial charge in [0.25, 0.3) is 5.91 Å². The van der Waals surface area contributed by atoms with Gasteiger partial charge in [-0.1, -0.05) is 30.3 Å². The molecule has 0 radical (unpaired) electrons. The Morgan fingerprint density at radius 1 is 0.968 bits per heavy atom. The summed E-state index contributed by atoms with van der Waals surface area (Å²) < 4.78 is 16.5. The van der Waals surface area contributed by atoms with Crippen molar-refractivity contribution >= 4 is 23.2 Å². The number of ether oxygens (including phenoxy) is 3. The van der Waals surface area contributed by atoms with Gasteiger partial charge in [-0.15, -0.1) is 0 Å². The molecule has 9 heteroatoms. The van der Waals surface area contributed by atoms with E-state index in [0.717, 1.165) is 44.2 Å². The number of amides is 1. The predicted octanol–water partition coefficient (Wildman–Crippen LogP) is 1.47. The van der Waals surface area contributed by atoms with Gasteiger partial charge in [-0.3, -0.25) is 20.5 Å². The Balaban J connectivity index is 1.27. The molecule has 1 amide bonds. The quantitative estimate of drug-likeness (QED) is 0.396. The van der Waals surface area contributed by atoms with Crippen LogP contribution in [0.4, 0.5) is 0 Å². The first kappa shape index (κ1) is 22.8. The maximum atomic E-state index is 11.9. The van der Waals surface area contributed by atoms with Crippen molar-refractivity contribution in [3.05, 3.63) is 60.2 Å². The van der Waals surface area contributed by atoms with E-state index in [4.69, 9.17) is 26.4 Å². The molecule has 1 aliphatic rings. The Morgan fingerprint density at radius 2 is 1.65 bits per heavy atom. The molecule has 3 N–H and O–H groups in total. The van der Waals surface area contributed by atoms with Gasteiger partial charge in [0, 0.05) is 26.2 Å². The minimum absolute atomic E-state index is 0.131. The fraction of sp³-hybridized carbons (Fsp3) is 0.364. The molecular weight excluding hydrogens is 416 g/mol. The SMILES string of the molecule is O=C(COc1ccc(OCc2ccccc2)cc1)NNC(=S)NCCN1CCOCC1. The smallest absolute Gasteiger partial charge is 0.276 e. The third-order valence-corrected chi connectivity index (χ3v) is 4.82. The molecule has 0 saturated carbocycles. The van der Waals surface area contributed by atoms with Crippen molar-refractivity contribution in [3.63, 3.8) is 0 Å². The molecule has 0 aliphatic carbocycles. The van der Waals surface area contributed by atoms with Crippen LogP contribution in [0.1, 0.15) is 5.56 Å². The fourth-order valence-electron chi connectivity index (χ4n) is 2.88. The van der Waals surface area contributed by atoms with Crippen molar-refractivity contribution in [2.24, 2.45) is 0 Å². The highest BCUT2D eigenvalue weighted by atomic mass is 32.1. The van der Waals surface area contributed by atoms with Crippen LogP contribution < -0.4 is 25.6 Å². The van der Waals surface area contributed by atoms with Crippen molar-refractivity contribution in [3.8, 4) is 11.5 Å². The second kappa shape index (κ2) is 12.7. The predicted molar refractivity (Wildman–Crippen MR) is 122 cm³/mol. The average Bonchev–Trinajstić information content (AvgIpc) is 2.82. The van der Waals surface area contributed by atoms with Gasteiger partial charge in [-0.05, 0) is 42.0 Å². The number of hydrogen-bond acceptors (Lipinski definition) is 6. The lowest BCUT2D eigenvalue weighted by Crippen LogP contribution is -2.50. The number of nitrogens with one attached hydrogen (secondary N) is 3. The van der Waals surface area contributed by atoms with E-state index in [2.05, 4.69) is 21.1 Å². The van der Waals surface area contributed by atoms with Crippen LogP contribution in [0.3, 0.4) is 0 Å². The Kier molecular flexibility index (Phi) is 9.36. The molecule has 31 heavy (non-hydrogen) atoms. The molecule has 0 bridgehead atoms. The number of carbonyl (C=O) groups excluding carboxylic acids is 1. The van der Waals surface area contributed by atoms with Crippen LogP contribution in [-0.2, 0) is 16.1 Å². The molecule has 0 atom stereocenters. The van der Waals surface area contributed by atoms with Gasteiger partial charge >= 0.3 is 0 Å². The van der Waals surface area contributed by atoms with Gasteiger partial charge in [0.15, 0.2) is 11.7 Å². The molecule has 0 unspecified atom stereocenters. The molecule has 0 aromatic heterocycles. The zero-order valence-electron chi connectivity index (χ0n) is 17.3. The monoisotopic (exact) mass is 444 g/mol. The minimum Gasteiger partial charge on any atom is -0.489 e. The van der Waals surface area contributed by atoms with Gasteiger partial charge in [0.05, 0.1) is 13.2 Å². The summed E-state index contributed by atoms with van der Waals surface area (Å²) in [4.78, 5) is 14.2. The van der Waals surface area contributed by atoms with Crippen molar-refractivity contribution in [1.82, 2.24) is 21.1 Å². The highest BCUT2D eigenvalue weighted by Gasteiger charge is 2.09. The molecule has 1 aliphatic heterocycles. The van der Waals surface area contributed by atoms with E-state index in [-0.39, 0.29) is 12.5 Å². The third-order valence-electron chi connectivity index (χ3n) is 4.57. The number of nitrogens with zero attached hydrogens (tertiary/aromatic N) is 1. The lowest BCUT2D eigenvalue weighted by atomic mass is 10.2. The summed E-state index contributed by atoms with van der Waals surface area (Å²) in [6, 6.07) is 17.1. The fourth-order valence-corrected chi connectivity index (χ4v) is 3.03. The van der Waals surface area contributed by atoms with Gasteiger partial charge < -0.3 is 19.5 Å². The van der Waals surface area contributed by atoms with E-state index >= 15 is 0 Å². The summed E-state index contributed by atoms with van der Waals surface area (Å²) in [6.07, 6.45) is 0. The highest BCUT2D eigenvalue weighted by Crippen LogP contribution is 2.18. The standard InChI is InChI=1S/C22H28N4O4S/c27-21(24-25-22(31)23-10-11-26-12-14-28-15-13-26)17-30-20-8-6-19(7-9-20)29-16-18-4-2-1-3-5-18/h1-9H,10-17H2,(H,24,27)(H2,23,25,31). The summed E-state index contributed by atoms with van der Waals surface area (Å²) >= 11 is 5.16. The van der Waals surface area contributed by atoms with E-state index in [1.165, 1.54) is 0 Å². The lowest BCUT2D eigenvalue weighted by Gasteiger charge is -2.26. The van der Waals surface area contributed by atoms with Crippen LogP contribution in [0.5, 0.6) is 11.5 Å². The van der Waals surface area contributed by atoms with Crippen LogP contribution in [0.2, 0.25) is 0 Å². The number of hydrazine groups is 1. The second-order valence-corrected chi connectivity index (χ2v) is 7.33. The number of rotatable bonds is 9. The Labute approximate surface area is 187 Å². The van der Waals surface area contributed by atoms with E-state index < -0.39 is 0 Å². The summed E-state index contributed by atoms with van der Waals surface area (Å²) in [6.45, 7) is 5.31. The van der Waals surface area contributed by atoms with Crippen molar-refractivity contribution < 1.29 is 19.0 Å². The Bertz CT molecular complexity index is 814.